The molecule has 0 aliphatic carbocycles. The Labute approximate surface area is 96.4 Å². The number of likely N-dealkylation sites (N-methyl/N-ethyl adjacent to an activating group) is 2. The third-order valence-electron chi connectivity index (χ3n) is 3.93. The van der Waals surface area contributed by atoms with Crippen LogP contribution in [0.2, 0.25) is 0 Å². The van der Waals surface area contributed by atoms with Gasteiger partial charge in [0.15, 0.2) is 0 Å². The second-order valence-electron chi connectivity index (χ2n) is 4.95. The largest absolute Gasteiger partial charge is 0.316 e. The Morgan fingerprint density at radius 2 is 1.60 bits per heavy atom. The molecule has 0 aromatic carbocycles. The van der Waals surface area contributed by atoms with Gasteiger partial charge >= 0.3 is 0 Å². The van der Waals surface area contributed by atoms with Crippen LogP contribution in [0.5, 0.6) is 0 Å². The van der Waals surface area contributed by atoms with Crippen LogP contribution < -0.4 is 5.32 Å². The molecule has 1 unspecified atom stereocenters. The number of rotatable bonds is 8. The predicted molar refractivity (Wildman–Crippen MR) is 69.3 cm³/mol. The van der Waals surface area contributed by atoms with E-state index in [1.807, 2.05) is 7.05 Å². The second kappa shape index (κ2) is 7.24. The molecule has 0 aliphatic heterocycles. The van der Waals surface area contributed by atoms with Crippen molar-refractivity contribution in [1.82, 2.24) is 10.2 Å². The summed E-state index contributed by atoms with van der Waals surface area (Å²) in [5, 5.41) is 3.29. The molecular formula is C13H30N2. The lowest BCUT2D eigenvalue weighted by molar-refractivity contribution is 0.147. The molecule has 0 heterocycles. The van der Waals surface area contributed by atoms with Gasteiger partial charge in [0, 0.05) is 19.1 Å². The molecule has 0 bridgehead atoms. The number of nitrogens with one attached hydrogen (secondary N) is 1. The van der Waals surface area contributed by atoms with Gasteiger partial charge in [-0.1, -0.05) is 20.8 Å². The molecule has 1 N–H and O–H groups in total. The summed E-state index contributed by atoms with van der Waals surface area (Å²) in [6, 6.07) is 0.582. The Morgan fingerprint density at radius 3 is 1.93 bits per heavy atom. The Morgan fingerprint density at radius 1 is 1.13 bits per heavy atom. The molecule has 0 radical (unpaired) electrons. The van der Waals surface area contributed by atoms with Crippen molar-refractivity contribution < 1.29 is 0 Å². The zero-order chi connectivity index (χ0) is 11.9. The number of nitrogens with zero attached hydrogens (tertiary/aromatic N) is 1. The molecule has 0 amide bonds. The van der Waals surface area contributed by atoms with Crippen LogP contribution in [0.3, 0.4) is 0 Å². The van der Waals surface area contributed by atoms with Crippen LogP contribution in [0.15, 0.2) is 0 Å². The summed E-state index contributed by atoms with van der Waals surface area (Å²) >= 11 is 0. The summed E-state index contributed by atoms with van der Waals surface area (Å²) in [5.41, 5.74) is 0.530. The van der Waals surface area contributed by atoms with E-state index in [0.717, 1.165) is 6.54 Å². The van der Waals surface area contributed by atoms with E-state index in [0.29, 0.717) is 11.5 Å². The molecule has 0 aromatic rings. The van der Waals surface area contributed by atoms with E-state index < -0.39 is 0 Å². The topological polar surface area (TPSA) is 15.3 Å². The van der Waals surface area contributed by atoms with Crippen LogP contribution in [-0.2, 0) is 0 Å². The molecular weight excluding hydrogens is 184 g/mol. The molecule has 0 saturated heterocycles. The highest BCUT2D eigenvalue weighted by molar-refractivity contribution is 4.79. The molecule has 0 aliphatic rings. The van der Waals surface area contributed by atoms with Crippen molar-refractivity contribution in [3.63, 3.8) is 0 Å². The summed E-state index contributed by atoms with van der Waals surface area (Å²) < 4.78 is 0. The minimum Gasteiger partial charge on any atom is -0.316 e. The van der Waals surface area contributed by atoms with E-state index in [9.17, 15) is 0 Å². The van der Waals surface area contributed by atoms with Crippen molar-refractivity contribution in [3.05, 3.63) is 0 Å². The summed E-state index contributed by atoms with van der Waals surface area (Å²) in [5.74, 6) is 0. The lowest BCUT2D eigenvalue weighted by Crippen LogP contribution is -2.41. The summed E-state index contributed by atoms with van der Waals surface area (Å²) in [4.78, 5) is 2.47. The molecule has 0 aromatic heterocycles. The monoisotopic (exact) mass is 214 g/mol. The average molecular weight is 214 g/mol. The Kier molecular flexibility index (Phi) is 7.20. The van der Waals surface area contributed by atoms with Crippen molar-refractivity contribution >= 4 is 0 Å². The standard InChI is InChI=1S/C13H30N2/c1-7-13(8-2,9-3)11-15(6)10-12(4)14-5/h12,14H,7-11H2,1-6H3. The first-order chi connectivity index (χ1) is 7.03. The van der Waals surface area contributed by atoms with Crippen LogP contribution in [0.25, 0.3) is 0 Å². The fraction of sp³-hybridized carbons (Fsp3) is 1.00. The first-order valence-electron chi connectivity index (χ1n) is 6.39. The molecule has 15 heavy (non-hydrogen) atoms. The first kappa shape index (κ1) is 14.9. The van der Waals surface area contributed by atoms with Crippen molar-refractivity contribution in [3.8, 4) is 0 Å². The van der Waals surface area contributed by atoms with Crippen molar-refractivity contribution in [1.29, 1.82) is 0 Å². The zero-order valence-corrected chi connectivity index (χ0v) is 11.6. The number of hydrogen-bond donors (Lipinski definition) is 1. The molecule has 0 saturated carbocycles. The van der Waals surface area contributed by atoms with Gasteiger partial charge in [-0.25, -0.2) is 0 Å². The van der Waals surface area contributed by atoms with Gasteiger partial charge in [0.2, 0.25) is 0 Å². The van der Waals surface area contributed by atoms with Gasteiger partial charge in [-0.05, 0) is 45.7 Å². The van der Waals surface area contributed by atoms with Crippen LogP contribution in [-0.4, -0.2) is 38.1 Å². The fourth-order valence-corrected chi connectivity index (χ4v) is 2.28. The van der Waals surface area contributed by atoms with E-state index in [4.69, 9.17) is 0 Å². The van der Waals surface area contributed by atoms with Crippen LogP contribution in [0.1, 0.15) is 47.0 Å². The van der Waals surface area contributed by atoms with Gasteiger partial charge in [-0.3, -0.25) is 0 Å². The third kappa shape index (κ3) is 4.98. The number of hydrogen-bond acceptors (Lipinski definition) is 2. The normalized spacial score (nSPS) is 14.6. The quantitative estimate of drug-likeness (QED) is 0.668. The Bertz CT molecular complexity index is 144. The van der Waals surface area contributed by atoms with Gasteiger partial charge in [0.1, 0.15) is 0 Å². The highest BCUT2D eigenvalue weighted by Gasteiger charge is 2.25. The van der Waals surface area contributed by atoms with E-state index in [-0.39, 0.29) is 0 Å². The van der Waals surface area contributed by atoms with E-state index in [1.54, 1.807) is 0 Å². The highest BCUT2D eigenvalue weighted by Crippen LogP contribution is 2.30. The van der Waals surface area contributed by atoms with E-state index >= 15 is 0 Å². The van der Waals surface area contributed by atoms with E-state index in [1.165, 1.54) is 25.8 Å². The Hall–Kier alpha value is -0.0800. The fourth-order valence-electron chi connectivity index (χ4n) is 2.28. The SMILES string of the molecule is CCC(CC)(CC)CN(C)CC(C)NC. The molecule has 0 rings (SSSR count). The van der Waals surface area contributed by atoms with Gasteiger partial charge in [0.25, 0.3) is 0 Å². The smallest absolute Gasteiger partial charge is 0.0163 e. The summed E-state index contributed by atoms with van der Waals surface area (Å²) in [6.45, 7) is 11.6. The van der Waals surface area contributed by atoms with Crippen molar-refractivity contribution in [2.24, 2.45) is 5.41 Å². The lowest BCUT2D eigenvalue weighted by atomic mass is 9.79. The second-order valence-corrected chi connectivity index (χ2v) is 4.95. The highest BCUT2D eigenvalue weighted by atomic mass is 15.1. The molecule has 0 fully saturated rings. The molecule has 92 valence electrons. The average Bonchev–Trinajstić information content (AvgIpc) is 2.26. The van der Waals surface area contributed by atoms with Crippen LogP contribution in [0.4, 0.5) is 0 Å². The van der Waals surface area contributed by atoms with Gasteiger partial charge in [-0.2, -0.15) is 0 Å². The van der Waals surface area contributed by atoms with E-state index in [2.05, 4.69) is 45.0 Å². The van der Waals surface area contributed by atoms with Crippen LogP contribution in [0, 0.1) is 5.41 Å². The van der Waals surface area contributed by atoms with Gasteiger partial charge < -0.3 is 10.2 Å². The summed E-state index contributed by atoms with van der Waals surface area (Å²) in [6.07, 6.45) is 3.87. The van der Waals surface area contributed by atoms with Gasteiger partial charge in [-0.15, -0.1) is 0 Å². The molecule has 1 atom stereocenters. The Balaban J connectivity index is 4.16. The minimum absolute atomic E-state index is 0.530. The molecule has 0 spiro atoms. The third-order valence-corrected chi connectivity index (χ3v) is 3.93. The lowest BCUT2D eigenvalue weighted by Gasteiger charge is -2.35. The first-order valence-corrected chi connectivity index (χ1v) is 6.39. The maximum Gasteiger partial charge on any atom is 0.0163 e. The minimum atomic E-state index is 0.530. The predicted octanol–water partition coefficient (Wildman–Crippen LogP) is 2.74. The zero-order valence-electron chi connectivity index (χ0n) is 11.6. The maximum absolute atomic E-state index is 3.29. The van der Waals surface area contributed by atoms with Crippen molar-refractivity contribution in [2.45, 2.75) is 53.0 Å². The van der Waals surface area contributed by atoms with Gasteiger partial charge in [0.05, 0.1) is 0 Å². The molecule has 2 nitrogen and oxygen atoms in total. The van der Waals surface area contributed by atoms with Crippen LogP contribution >= 0.6 is 0 Å². The summed E-state index contributed by atoms with van der Waals surface area (Å²) in [7, 11) is 4.27. The molecule has 2 heteroatoms. The maximum atomic E-state index is 3.29. The van der Waals surface area contributed by atoms with Crippen molar-refractivity contribution in [2.75, 3.05) is 27.2 Å².